The number of rotatable bonds is 6. The summed E-state index contributed by atoms with van der Waals surface area (Å²) in [4.78, 5) is 12.7. The van der Waals surface area contributed by atoms with E-state index in [1.807, 2.05) is 60.7 Å². The highest BCUT2D eigenvalue weighted by molar-refractivity contribution is 6.39. The topological polar surface area (TPSA) is 95.3 Å². The van der Waals surface area contributed by atoms with Crippen molar-refractivity contribution in [2.75, 3.05) is 7.11 Å². The molecule has 0 fully saturated rings. The molecule has 1 aliphatic rings. The molecule has 0 saturated heterocycles. The summed E-state index contributed by atoms with van der Waals surface area (Å²) < 4.78 is 5.07. The van der Waals surface area contributed by atoms with E-state index in [1.165, 1.54) is 19.4 Å². The number of amides is 1. The lowest BCUT2D eigenvalue weighted by Crippen LogP contribution is -2.38. The molecule has 4 rings (SSSR count). The molecule has 0 saturated carbocycles. The van der Waals surface area contributed by atoms with Crippen molar-refractivity contribution in [2.45, 2.75) is 12.0 Å². The lowest BCUT2D eigenvalue weighted by atomic mass is 9.80. The second kappa shape index (κ2) is 8.71. The van der Waals surface area contributed by atoms with Gasteiger partial charge in [-0.2, -0.15) is 10.2 Å². The highest BCUT2D eigenvalue weighted by Gasteiger charge is 2.41. The number of benzene rings is 3. The predicted molar refractivity (Wildman–Crippen MR) is 119 cm³/mol. The standard InChI is InChI=1S/C24H22N4O3/c1-31-22-14-17(12-13-21(22)29)16-25-27-23(30)20-15-24(28-26-20,18-8-4-2-5-9-18)19-10-6-3-7-11-19/h2-14,16,28-29H,15H2,1H3,(H,27,30)/b25-16+. The van der Waals surface area contributed by atoms with Gasteiger partial charge in [-0.1, -0.05) is 60.7 Å². The molecule has 0 aromatic heterocycles. The van der Waals surface area contributed by atoms with Crippen LogP contribution in [0.25, 0.3) is 0 Å². The molecule has 1 aliphatic heterocycles. The van der Waals surface area contributed by atoms with Crippen LogP contribution in [0.15, 0.2) is 89.1 Å². The first-order valence-corrected chi connectivity index (χ1v) is 9.77. The molecule has 31 heavy (non-hydrogen) atoms. The third kappa shape index (κ3) is 4.11. The van der Waals surface area contributed by atoms with Gasteiger partial charge in [-0.15, -0.1) is 0 Å². The molecule has 3 aromatic rings. The molecule has 3 aromatic carbocycles. The van der Waals surface area contributed by atoms with Crippen LogP contribution in [0.3, 0.4) is 0 Å². The molecule has 0 bridgehead atoms. The monoisotopic (exact) mass is 414 g/mol. The molecule has 1 amide bonds. The Morgan fingerprint density at radius 3 is 2.35 bits per heavy atom. The van der Waals surface area contributed by atoms with Crippen LogP contribution < -0.4 is 15.6 Å². The van der Waals surface area contributed by atoms with Gasteiger partial charge >= 0.3 is 0 Å². The van der Waals surface area contributed by atoms with Crippen LogP contribution >= 0.6 is 0 Å². The van der Waals surface area contributed by atoms with Gasteiger partial charge in [0.1, 0.15) is 11.3 Å². The molecule has 7 heteroatoms. The number of hydrogen-bond acceptors (Lipinski definition) is 6. The van der Waals surface area contributed by atoms with Crippen LogP contribution in [0, 0.1) is 0 Å². The van der Waals surface area contributed by atoms with Crippen molar-refractivity contribution in [3.63, 3.8) is 0 Å². The third-order valence-corrected chi connectivity index (χ3v) is 5.19. The van der Waals surface area contributed by atoms with Gasteiger partial charge in [-0.05, 0) is 34.9 Å². The first-order chi connectivity index (χ1) is 15.1. The Morgan fingerprint density at radius 2 is 1.74 bits per heavy atom. The van der Waals surface area contributed by atoms with Gasteiger partial charge in [0.2, 0.25) is 0 Å². The Labute approximate surface area is 180 Å². The number of methoxy groups -OCH3 is 1. The molecule has 0 spiro atoms. The molecule has 0 atom stereocenters. The molecule has 3 N–H and O–H groups in total. The average molecular weight is 414 g/mol. The highest BCUT2D eigenvalue weighted by Crippen LogP contribution is 2.36. The zero-order chi connectivity index (χ0) is 21.7. The zero-order valence-corrected chi connectivity index (χ0v) is 16.9. The number of hydrogen-bond donors (Lipinski definition) is 3. The van der Waals surface area contributed by atoms with Crippen molar-refractivity contribution in [1.82, 2.24) is 10.9 Å². The minimum absolute atomic E-state index is 0.0354. The van der Waals surface area contributed by atoms with Crippen molar-refractivity contribution in [2.24, 2.45) is 10.2 Å². The Balaban J connectivity index is 1.50. The van der Waals surface area contributed by atoms with Crippen molar-refractivity contribution < 1.29 is 14.6 Å². The maximum atomic E-state index is 12.7. The van der Waals surface area contributed by atoms with E-state index in [2.05, 4.69) is 21.1 Å². The maximum absolute atomic E-state index is 12.7. The van der Waals surface area contributed by atoms with Gasteiger partial charge in [-0.25, -0.2) is 5.43 Å². The van der Waals surface area contributed by atoms with Crippen LogP contribution in [0.2, 0.25) is 0 Å². The fraction of sp³-hybridized carbons (Fsp3) is 0.125. The van der Waals surface area contributed by atoms with Crippen molar-refractivity contribution >= 4 is 17.8 Å². The van der Waals surface area contributed by atoms with Crippen LogP contribution in [0.1, 0.15) is 23.1 Å². The summed E-state index contributed by atoms with van der Waals surface area (Å²) in [7, 11) is 1.47. The van der Waals surface area contributed by atoms with Crippen LogP contribution in [-0.4, -0.2) is 30.0 Å². The zero-order valence-electron chi connectivity index (χ0n) is 16.9. The van der Waals surface area contributed by atoms with E-state index in [9.17, 15) is 9.90 Å². The number of nitrogens with one attached hydrogen (secondary N) is 2. The van der Waals surface area contributed by atoms with Crippen molar-refractivity contribution in [1.29, 1.82) is 0 Å². The second-order valence-electron chi connectivity index (χ2n) is 7.11. The van der Waals surface area contributed by atoms with E-state index in [4.69, 9.17) is 4.74 Å². The van der Waals surface area contributed by atoms with Crippen LogP contribution in [0.5, 0.6) is 11.5 Å². The summed E-state index contributed by atoms with van der Waals surface area (Å²) in [6, 6.07) is 24.7. The number of ether oxygens (including phenoxy) is 1. The van der Waals surface area contributed by atoms with Crippen molar-refractivity contribution in [3.8, 4) is 11.5 Å². The highest BCUT2D eigenvalue weighted by atomic mass is 16.5. The van der Waals surface area contributed by atoms with Gasteiger partial charge in [0.25, 0.3) is 5.91 Å². The van der Waals surface area contributed by atoms with Crippen LogP contribution in [0.4, 0.5) is 0 Å². The third-order valence-electron chi connectivity index (χ3n) is 5.19. The summed E-state index contributed by atoms with van der Waals surface area (Å²) in [5.74, 6) is -0.0217. The van der Waals surface area contributed by atoms with Crippen LogP contribution in [-0.2, 0) is 10.3 Å². The molecular formula is C24H22N4O3. The summed E-state index contributed by atoms with van der Waals surface area (Å²) in [6.45, 7) is 0. The number of aromatic hydroxyl groups is 1. The summed E-state index contributed by atoms with van der Waals surface area (Å²) in [5.41, 5.74) is 8.16. The number of hydrazone groups is 2. The van der Waals surface area contributed by atoms with Gasteiger partial charge in [0.05, 0.1) is 13.3 Å². The van der Waals surface area contributed by atoms with E-state index < -0.39 is 5.54 Å². The molecule has 7 nitrogen and oxygen atoms in total. The summed E-state index contributed by atoms with van der Waals surface area (Å²) in [6.07, 6.45) is 1.86. The lowest BCUT2D eigenvalue weighted by molar-refractivity contribution is -0.114. The Bertz CT molecular complexity index is 1090. The smallest absolute Gasteiger partial charge is 0.287 e. The van der Waals surface area contributed by atoms with Gasteiger partial charge in [-0.3, -0.25) is 10.2 Å². The minimum atomic E-state index is -0.622. The van der Waals surface area contributed by atoms with E-state index in [0.717, 1.165) is 11.1 Å². The first-order valence-electron chi connectivity index (χ1n) is 9.77. The van der Waals surface area contributed by atoms with Crippen molar-refractivity contribution in [3.05, 3.63) is 95.6 Å². The van der Waals surface area contributed by atoms with Gasteiger partial charge in [0.15, 0.2) is 11.5 Å². The van der Waals surface area contributed by atoms with Gasteiger partial charge in [0, 0.05) is 6.42 Å². The number of carbonyl (C=O) groups excluding carboxylic acids is 1. The normalized spacial score (nSPS) is 14.7. The number of nitrogens with zero attached hydrogens (tertiary/aromatic N) is 2. The minimum Gasteiger partial charge on any atom is -0.504 e. The Kier molecular flexibility index (Phi) is 5.66. The fourth-order valence-electron chi connectivity index (χ4n) is 3.57. The molecule has 1 heterocycles. The molecule has 156 valence electrons. The van der Waals surface area contributed by atoms with E-state index in [-0.39, 0.29) is 11.7 Å². The first kappa shape index (κ1) is 20.2. The summed E-state index contributed by atoms with van der Waals surface area (Å²) >= 11 is 0. The molecular weight excluding hydrogens is 392 g/mol. The number of phenols is 1. The predicted octanol–water partition coefficient (Wildman–Crippen LogP) is 3.14. The molecule has 0 aliphatic carbocycles. The SMILES string of the molecule is COc1cc(/C=N/NC(=O)C2=NNC(c3ccccc3)(c3ccccc3)C2)ccc1O. The van der Waals surface area contributed by atoms with E-state index >= 15 is 0 Å². The maximum Gasteiger partial charge on any atom is 0.287 e. The number of phenolic OH excluding ortho intramolecular Hbond substituents is 1. The van der Waals surface area contributed by atoms with E-state index in [0.29, 0.717) is 23.4 Å². The number of carbonyl (C=O) groups is 1. The lowest BCUT2D eigenvalue weighted by Gasteiger charge is -2.30. The fourth-order valence-corrected chi connectivity index (χ4v) is 3.57. The van der Waals surface area contributed by atoms with Gasteiger partial charge < -0.3 is 9.84 Å². The Morgan fingerprint density at radius 1 is 1.10 bits per heavy atom. The molecule has 0 radical (unpaired) electrons. The Hall–Kier alpha value is -4.13. The second-order valence-corrected chi connectivity index (χ2v) is 7.11. The molecule has 0 unspecified atom stereocenters. The summed E-state index contributed by atoms with van der Waals surface area (Å²) in [5, 5.41) is 18.0. The average Bonchev–Trinajstić information content (AvgIpc) is 3.28. The largest absolute Gasteiger partial charge is 0.504 e. The van der Waals surface area contributed by atoms with E-state index in [1.54, 1.807) is 12.1 Å². The quantitative estimate of drug-likeness (QED) is 0.427.